The van der Waals surface area contributed by atoms with Gasteiger partial charge in [-0.25, -0.2) is 9.59 Å². The fraction of sp³-hybridized carbons (Fsp3) is 0.438. The molecule has 0 aromatic heterocycles. The molecule has 0 heterocycles. The molecule has 0 saturated carbocycles. The molecule has 0 aliphatic carbocycles. The largest absolute Gasteiger partial charge is 0.461 e. The van der Waals surface area contributed by atoms with Crippen LogP contribution in [0.3, 0.4) is 0 Å². The van der Waals surface area contributed by atoms with Gasteiger partial charge in [0.15, 0.2) is 0 Å². The van der Waals surface area contributed by atoms with Crippen LogP contribution >= 0.6 is 0 Å². The molecule has 128 valence electrons. The van der Waals surface area contributed by atoms with Crippen molar-refractivity contribution in [1.82, 2.24) is 10.2 Å². The zero-order chi connectivity index (χ0) is 17.5. The lowest BCUT2D eigenvalue weighted by Gasteiger charge is -2.21. The molecule has 0 atom stereocenters. The van der Waals surface area contributed by atoms with Crippen molar-refractivity contribution < 1.29 is 23.9 Å². The summed E-state index contributed by atoms with van der Waals surface area (Å²) < 4.78 is 9.85. The molecule has 0 aromatic carbocycles. The van der Waals surface area contributed by atoms with Crippen LogP contribution in [0.5, 0.6) is 0 Å². The van der Waals surface area contributed by atoms with Crippen LogP contribution in [-0.2, 0) is 23.9 Å². The van der Waals surface area contributed by atoms with E-state index < -0.39 is 11.9 Å². The second kappa shape index (κ2) is 13.3. The minimum atomic E-state index is -0.485. The Kier molecular flexibility index (Phi) is 11.9. The topological polar surface area (TPSA) is 84.9 Å². The van der Waals surface area contributed by atoms with Gasteiger partial charge in [-0.1, -0.05) is 19.7 Å². The highest BCUT2D eigenvalue weighted by Crippen LogP contribution is 1.94. The zero-order valence-corrected chi connectivity index (χ0v) is 13.3. The van der Waals surface area contributed by atoms with Crippen LogP contribution < -0.4 is 5.32 Å². The number of nitrogens with one attached hydrogen (secondary N) is 1. The number of esters is 2. The van der Waals surface area contributed by atoms with Gasteiger partial charge in [-0.05, 0) is 12.5 Å². The van der Waals surface area contributed by atoms with Gasteiger partial charge in [0.1, 0.15) is 13.2 Å². The van der Waals surface area contributed by atoms with E-state index in [0.717, 1.165) is 12.2 Å². The van der Waals surface area contributed by atoms with Crippen LogP contribution in [0.25, 0.3) is 0 Å². The minimum absolute atomic E-state index is 0.208. The van der Waals surface area contributed by atoms with Crippen molar-refractivity contribution in [3.05, 3.63) is 38.0 Å². The van der Waals surface area contributed by atoms with Crippen molar-refractivity contribution in [2.24, 2.45) is 0 Å². The van der Waals surface area contributed by atoms with Crippen LogP contribution in [0.4, 0.5) is 0 Å². The Morgan fingerprint density at radius 2 is 1.39 bits per heavy atom. The van der Waals surface area contributed by atoms with Crippen molar-refractivity contribution in [2.75, 3.05) is 39.4 Å². The van der Waals surface area contributed by atoms with Crippen LogP contribution in [0.1, 0.15) is 6.42 Å². The quantitative estimate of drug-likeness (QED) is 0.301. The number of carbonyl (C=O) groups is 3. The van der Waals surface area contributed by atoms with Crippen molar-refractivity contribution >= 4 is 17.8 Å². The van der Waals surface area contributed by atoms with Crippen LogP contribution in [0, 0.1) is 0 Å². The molecule has 23 heavy (non-hydrogen) atoms. The molecular formula is C16H24N2O5. The summed E-state index contributed by atoms with van der Waals surface area (Å²) in [6.07, 6.45) is 4.10. The summed E-state index contributed by atoms with van der Waals surface area (Å²) >= 11 is 0. The standard InChI is InChI=1S/C16H24N2O5/c1-4-14(19)17-8-7-9-18(10-12-22-15(20)5-2)11-13-23-16(21)6-3/h4-6H,1-3,7-13H2,(H,17,19). The van der Waals surface area contributed by atoms with Crippen LogP contribution in [0.2, 0.25) is 0 Å². The van der Waals surface area contributed by atoms with Gasteiger partial charge in [-0.15, -0.1) is 0 Å². The SMILES string of the molecule is C=CC(=O)NCCCN(CCOC(=O)C=C)CCOC(=O)C=C. The third-order valence-corrected chi connectivity index (χ3v) is 2.77. The van der Waals surface area contributed by atoms with Crippen molar-refractivity contribution in [3.8, 4) is 0 Å². The molecule has 1 amide bonds. The number of hydrogen-bond donors (Lipinski definition) is 1. The molecule has 1 N–H and O–H groups in total. The van der Waals surface area contributed by atoms with Gasteiger partial charge in [0.25, 0.3) is 0 Å². The molecule has 0 aromatic rings. The third kappa shape index (κ3) is 11.9. The Morgan fingerprint density at radius 1 is 0.870 bits per heavy atom. The van der Waals surface area contributed by atoms with E-state index in [1.54, 1.807) is 0 Å². The highest BCUT2D eigenvalue weighted by atomic mass is 16.5. The van der Waals surface area contributed by atoms with Crippen molar-refractivity contribution in [2.45, 2.75) is 6.42 Å². The van der Waals surface area contributed by atoms with Gasteiger partial charge in [0, 0.05) is 38.3 Å². The van der Waals surface area contributed by atoms with Gasteiger partial charge in [0.05, 0.1) is 0 Å². The summed E-state index contributed by atoms with van der Waals surface area (Å²) in [5, 5.41) is 2.67. The van der Waals surface area contributed by atoms with E-state index in [4.69, 9.17) is 9.47 Å². The van der Waals surface area contributed by atoms with E-state index in [1.165, 1.54) is 6.08 Å². The second-order valence-electron chi connectivity index (χ2n) is 4.43. The van der Waals surface area contributed by atoms with E-state index in [9.17, 15) is 14.4 Å². The van der Waals surface area contributed by atoms with Gasteiger partial charge in [-0.3, -0.25) is 9.69 Å². The zero-order valence-electron chi connectivity index (χ0n) is 13.3. The summed E-state index contributed by atoms with van der Waals surface area (Å²) in [4.78, 5) is 35.0. The summed E-state index contributed by atoms with van der Waals surface area (Å²) in [5.74, 6) is -1.20. The van der Waals surface area contributed by atoms with E-state index >= 15 is 0 Å². The van der Waals surface area contributed by atoms with E-state index in [1.807, 2.05) is 4.90 Å². The summed E-state index contributed by atoms with van der Waals surface area (Å²) in [5.41, 5.74) is 0. The number of carbonyl (C=O) groups excluding carboxylic acids is 3. The molecule has 0 aliphatic heterocycles. The molecule has 7 heteroatoms. The first-order valence-electron chi connectivity index (χ1n) is 7.24. The van der Waals surface area contributed by atoms with E-state index in [0.29, 0.717) is 32.6 Å². The third-order valence-electron chi connectivity index (χ3n) is 2.77. The maximum absolute atomic E-state index is 11.0. The Balaban J connectivity index is 4.13. The monoisotopic (exact) mass is 324 g/mol. The fourth-order valence-corrected chi connectivity index (χ4v) is 1.59. The Labute approximate surface area is 136 Å². The maximum Gasteiger partial charge on any atom is 0.330 e. The lowest BCUT2D eigenvalue weighted by molar-refractivity contribution is -0.138. The summed E-state index contributed by atoms with van der Waals surface area (Å²) in [6.45, 7) is 12.5. The molecule has 0 unspecified atom stereocenters. The van der Waals surface area contributed by atoms with Gasteiger partial charge in [0.2, 0.25) is 5.91 Å². The van der Waals surface area contributed by atoms with Gasteiger partial charge in [-0.2, -0.15) is 0 Å². The predicted octanol–water partition coefficient (Wildman–Crippen LogP) is 0.439. The first-order valence-corrected chi connectivity index (χ1v) is 7.24. The summed E-state index contributed by atoms with van der Waals surface area (Å²) in [6, 6.07) is 0. The molecule has 0 radical (unpaired) electrons. The lowest BCUT2D eigenvalue weighted by atomic mass is 10.3. The van der Waals surface area contributed by atoms with Gasteiger partial charge < -0.3 is 14.8 Å². The normalized spacial score (nSPS) is 9.78. The van der Waals surface area contributed by atoms with Crippen molar-refractivity contribution in [3.63, 3.8) is 0 Å². The average Bonchev–Trinajstić information content (AvgIpc) is 2.57. The number of ether oxygens (including phenoxy) is 2. The first kappa shape index (κ1) is 20.6. The number of rotatable bonds is 13. The van der Waals surface area contributed by atoms with E-state index in [-0.39, 0.29) is 19.1 Å². The predicted molar refractivity (Wildman–Crippen MR) is 86.6 cm³/mol. The Morgan fingerprint density at radius 3 is 1.83 bits per heavy atom. The molecule has 0 bridgehead atoms. The highest BCUT2D eigenvalue weighted by Gasteiger charge is 2.07. The highest BCUT2D eigenvalue weighted by molar-refractivity contribution is 5.86. The fourth-order valence-electron chi connectivity index (χ4n) is 1.59. The molecule has 7 nitrogen and oxygen atoms in total. The number of amides is 1. The number of hydrogen-bond acceptors (Lipinski definition) is 6. The maximum atomic E-state index is 11.0. The Hall–Kier alpha value is -2.41. The number of nitrogens with zero attached hydrogens (tertiary/aromatic N) is 1. The van der Waals surface area contributed by atoms with Crippen LogP contribution in [-0.4, -0.2) is 62.1 Å². The smallest absolute Gasteiger partial charge is 0.330 e. The first-order chi connectivity index (χ1) is 11.0. The molecular weight excluding hydrogens is 300 g/mol. The summed E-state index contributed by atoms with van der Waals surface area (Å²) in [7, 11) is 0. The average molecular weight is 324 g/mol. The second-order valence-corrected chi connectivity index (χ2v) is 4.43. The van der Waals surface area contributed by atoms with E-state index in [2.05, 4.69) is 25.1 Å². The molecule has 0 rings (SSSR count). The molecule has 0 saturated heterocycles. The van der Waals surface area contributed by atoms with Crippen LogP contribution in [0.15, 0.2) is 38.0 Å². The molecule has 0 spiro atoms. The molecule has 0 fully saturated rings. The minimum Gasteiger partial charge on any atom is -0.461 e. The Bertz CT molecular complexity index is 408. The van der Waals surface area contributed by atoms with Gasteiger partial charge >= 0.3 is 11.9 Å². The molecule has 0 aliphatic rings. The van der Waals surface area contributed by atoms with Crippen molar-refractivity contribution in [1.29, 1.82) is 0 Å². The lowest BCUT2D eigenvalue weighted by Crippen LogP contribution is -2.34.